The van der Waals surface area contributed by atoms with Gasteiger partial charge in [-0.2, -0.15) is 0 Å². The van der Waals surface area contributed by atoms with Crippen molar-refractivity contribution in [3.63, 3.8) is 0 Å². The summed E-state index contributed by atoms with van der Waals surface area (Å²) in [7, 11) is -0.0659. The summed E-state index contributed by atoms with van der Waals surface area (Å²) in [6, 6.07) is 15.6. The van der Waals surface area contributed by atoms with Crippen molar-refractivity contribution < 1.29 is 18.1 Å². The first-order valence-electron chi connectivity index (χ1n) is 9.67. The van der Waals surface area contributed by atoms with Crippen LogP contribution in [0.15, 0.2) is 65.6 Å². The fourth-order valence-corrected chi connectivity index (χ4v) is 4.48. The number of hydrogen-bond acceptors (Lipinski definition) is 6. The Balaban J connectivity index is 1.64. The molecule has 0 atom stereocenters. The van der Waals surface area contributed by atoms with E-state index in [0.717, 1.165) is 11.1 Å². The van der Waals surface area contributed by atoms with Gasteiger partial charge >= 0.3 is 6.03 Å². The summed E-state index contributed by atoms with van der Waals surface area (Å²) in [5.41, 5.74) is 0.701. The van der Waals surface area contributed by atoms with Gasteiger partial charge in [-0.05, 0) is 18.2 Å². The second-order valence-electron chi connectivity index (χ2n) is 7.08. The van der Waals surface area contributed by atoms with Gasteiger partial charge in [0.25, 0.3) is 5.69 Å². The molecule has 0 saturated heterocycles. The molecule has 3 aromatic carbocycles. The van der Waals surface area contributed by atoms with E-state index in [1.165, 1.54) is 24.3 Å². The van der Waals surface area contributed by atoms with E-state index < -0.39 is 21.0 Å². The second kappa shape index (κ2) is 9.62. The predicted molar refractivity (Wildman–Crippen MR) is 124 cm³/mol. The lowest BCUT2D eigenvalue weighted by Crippen LogP contribution is -2.36. The number of nitro groups is 1. The number of sulfonamides is 1. The van der Waals surface area contributed by atoms with E-state index in [0.29, 0.717) is 5.39 Å². The van der Waals surface area contributed by atoms with Crippen LogP contribution in [0.4, 0.5) is 21.9 Å². The Kier molecular flexibility index (Phi) is 6.91. The Morgan fingerprint density at radius 1 is 0.969 bits per heavy atom. The van der Waals surface area contributed by atoms with Crippen LogP contribution >= 0.6 is 0 Å². The Bertz CT molecular complexity index is 1260. The fraction of sp³-hybridized carbons (Fsp3) is 0.190. The van der Waals surface area contributed by atoms with Gasteiger partial charge in [0.05, 0.1) is 9.82 Å². The first kappa shape index (κ1) is 23.0. The van der Waals surface area contributed by atoms with Crippen LogP contribution in [0.5, 0.6) is 0 Å². The number of fused-ring (bicyclic) bond motifs is 1. The topological polar surface area (TPSA) is 134 Å². The van der Waals surface area contributed by atoms with Crippen LogP contribution in [0.25, 0.3) is 10.8 Å². The van der Waals surface area contributed by atoms with Gasteiger partial charge in [0, 0.05) is 49.7 Å². The van der Waals surface area contributed by atoms with E-state index >= 15 is 0 Å². The van der Waals surface area contributed by atoms with Crippen LogP contribution in [0, 0.1) is 10.1 Å². The predicted octanol–water partition coefficient (Wildman–Crippen LogP) is 2.91. The maximum atomic E-state index is 12.9. The van der Waals surface area contributed by atoms with Crippen molar-refractivity contribution in [2.45, 2.75) is 4.90 Å². The molecule has 11 heteroatoms. The van der Waals surface area contributed by atoms with E-state index in [1.807, 2.05) is 31.1 Å². The third-order valence-electron chi connectivity index (χ3n) is 4.68. The van der Waals surface area contributed by atoms with E-state index in [2.05, 4.69) is 15.4 Å². The van der Waals surface area contributed by atoms with Gasteiger partial charge in [0.2, 0.25) is 10.0 Å². The Morgan fingerprint density at radius 3 is 2.38 bits per heavy atom. The van der Waals surface area contributed by atoms with Crippen LogP contribution in [0.2, 0.25) is 0 Å². The summed E-state index contributed by atoms with van der Waals surface area (Å²) in [5, 5.41) is 17.3. The number of nitrogens with zero attached hydrogens (tertiary/aromatic N) is 2. The number of amides is 2. The van der Waals surface area contributed by atoms with Crippen molar-refractivity contribution in [1.29, 1.82) is 0 Å². The van der Waals surface area contributed by atoms with Crippen LogP contribution in [-0.2, 0) is 10.0 Å². The first-order valence-corrected chi connectivity index (χ1v) is 11.2. The van der Waals surface area contributed by atoms with E-state index in [4.69, 9.17) is 0 Å². The number of carbonyl (C=O) groups excluding carboxylic acids is 1. The molecule has 0 bridgehead atoms. The van der Waals surface area contributed by atoms with Gasteiger partial charge in [0.15, 0.2) is 0 Å². The number of urea groups is 1. The number of nitro benzene ring substituents is 1. The Morgan fingerprint density at radius 2 is 1.66 bits per heavy atom. The zero-order valence-electron chi connectivity index (χ0n) is 17.5. The molecule has 0 aliphatic rings. The minimum absolute atomic E-state index is 0.0145. The highest BCUT2D eigenvalue weighted by Crippen LogP contribution is 2.30. The van der Waals surface area contributed by atoms with Gasteiger partial charge in [0.1, 0.15) is 5.69 Å². The number of carbonyl (C=O) groups is 1. The fourth-order valence-electron chi connectivity index (χ4n) is 3.23. The average Bonchev–Trinajstić information content (AvgIpc) is 2.76. The normalized spacial score (nSPS) is 11.2. The van der Waals surface area contributed by atoms with Crippen molar-refractivity contribution in [3.8, 4) is 0 Å². The first-order chi connectivity index (χ1) is 15.2. The summed E-state index contributed by atoms with van der Waals surface area (Å²) in [6.45, 7) is -0.0736. The van der Waals surface area contributed by atoms with Crippen molar-refractivity contribution >= 4 is 43.9 Å². The highest BCUT2D eigenvalue weighted by molar-refractivity contribution is 7.89. The monoisotopic (exact) mass is 457 g/mol. The molecule has 3 aromatic rings. The number of anilines is 2. The van der Waals surface area contributed by atoms with Crippen LogP contribution in [-0.4, -0.2) is 46.6 Å². The minimum Gasteiger partial charge on any atom is -0.377 e. The van der Waals surface area contributed by atoms with Gasteiger partial charge in [-0.25, -0.2) is 17.9 Å². The Hall–Kier alpha value is -3.70. The standard InChI is InChI=1S/C21H23N5O5S/c1-25(2)18-11-5-8-16-15(18)7-6-12-20(16)32(30,31)23-14-13-22-21(27)24-17-9-3-4-10-19(17)26(28)29/h3-12,23H,13-14H2,1-2H3,(H2,22,24,27). The van der Waals surface area contributed by atoms with Crippen molar-refractivity contribution in [2.75, 3.05) is 37.4 Å². The van der Waals surface area contributed by atoms with Gasteiger partial charge in [-0.15, -0.1) is 0 Å². The molecule has 0 spiro atoms. The van der Waals surface area contributed by atoms with E-state index in [-0.39, 0.29) is 29.4 Å². The summed E-state index contributed by atoms with van der Waals surface area (Å²) < 4.78 is 28.2. The van der Waals surface area contributed by atoms with E-state index in [1.54, 1.807) is 24.3 Å². The molecule has 168 valence electrons. The summed E-state index contributed by atoms with van der Waals surface area (Å²) in [6.07, 6.45) is 0. The number of para-hydroxylation sites is 2. The molecule has 0 fully saturated rings. The molecular formula is C21H23N5O5S. The molecule has 2 amide bonds. The molecule has 0 aromatic heterocycles. The zero-order chi connectivity index (χ0) is 23.3. The van der Waals surface area contributed by atoms with Gasteiger partial charge in [-0.3, -0.25) is 10.1 Å². The second-order valence-corrected chi connectivity index (χ2v) is 8.81. The smallest absolute Gasteiger partial charge is 0.319 e. The molecule has 0 radical (unpaired) electrons. The highest BCUT2D eigenvalue weighted by Gasteiger charge is 2.18. The van der Waals surface area contributed by atoms with Gasteiger partial charge < -0.3 is 15.5 Å². The molecule has 32 heavy (non-hydrogen) atoms. The van der Waals surface area contributed by atoms with Crippen molar-refractivity contribution in [2.24, 2.45) is 0 Å². The SMILES string of the molecule is CN(C)c1cccc2c(S(=O)(=O)NCCNC(=O)Nc3ccccc3[N+](=O)[O-])cccc12. The Labute approximate surface area is 185 Å². The van der Waals surface area contributed by atoms with Crippen molar-refractivity contribution in [3.05, 3.63) is 70.8 Å². The lowest BCUT2D eigenvalue weighted by Gasteiger charge is -2.17. The maximum Gasteiger partial charge on any atom is 0.319 e. The molecule has 0 unspecified atom stereocenters. The third-order valence-corrected chi connectivity index (χ3v) is 6.20. The van der Waals surface area contributed by atoms with Crippen LogP contribution in [0.1, 0.15) is 0 Å². The molecular weight excluding hydrogens is 434 g/mol. The molecule has 3 N–H and O–H groups in total. The summed E-state index contributed by atoms with van der Waals surface area (Å²) >= 11 is 0. The highest BCUT2D eigenvalue weighted by atomic mass is 32.2. The number of hydrogen-bond donors (Lipinski definition) is 3. The zero-order valence-corrected chi connectivity index (χ0v) is 18.3. The summed E-state index contributed by atoms with van der Waals surface area (Å²) in [4.78, 5) is 24.5. The lowest BCUT2D eigenvalue weighted by molar-refractivity contribution is -0.383. The lowest BCUT2D eigenvalue weighted by atomic mass is 10.1. The molecule has 3 rings (SSSR count). The molecule has 0 aliphatic carbocycles. The minimum atomic E-state index is -3.83. The molecule has 10 nitrogen and oxygen atoms in total. The largest absolute Gasteiger partial charge is 0.377 e. The van der Waals surface area contributed by atoms with Crippen LogP contribution < -0.4 is 20.3 Å². The number of rotatable bonds is 8. The number of nitrogens with one attached hydrogen (secondary N) is 3. The van der Waals surface area contributed by atoms with E-state index in [9.17, 15) is 23.3 Å². The number of benzene rings is 3. The maximum absolute atomic E-state index is 12.9. The molecule has 0 saturated carbocycles. The quantitative estimate of drug-likeness (QED) is 0.271. The average molecular weight is 458 g/mol. The third kappa shape index (κ3) is 5.13. The van der Waals surface area contributed by atoms with Gasteiger partial charge in [-0.1, -0.05) is 36.4 Å². The van der Waals surface area contributed by atoms with Crippen molar-refractivity contribution in [1.82, 2.24) is 10.0 Å². The summed E-state index contributed by atoms with van der Waals surface area (Å²) in [5.74, 6) is 0. The molecule has 0 heterocycles. The molecule has 0 aliphatic heterocycles. The van der Waals surface area contributed by atoms with Crippen LogP contribution in [0.3, 0.4) is 0 Å².